The Labute approximate surface area is 180 Å². The lowest BCUT2D eigenvalue weighted by Gasteiger charge is -2.36. The molecular weight excluding hydrogens is 389 g/mol. The number of carbonyl (C=O) groups excluding carboxylic acids is 1. The van der Waals surface area contributed by atoms with Gasteiger partial charge in [0.15, 0.2) is 0 Å². The van der Waals surface area contributed by atoms with Crippen molar-refractivity contribution in [2.45, 2.75) is 0 Å². The fraction of sp³-hybridized carbons (Fsp3) is 0.154. The number of halogens is 1. The third-order valence-corrected chi connectivity index (χ3v) is 5.77. The maximum Gasteiger partial charge on any atom is 0.254 e. The second kappa shape index (κ2) is 8.19. The van der Waals surface area contributed by atoms with Crippen LogP contribution in [0.5, 0.6) is 0 Å². The Hall–Kier alpha value is -3.73. The van der Waals surface area contributed by atoms with Crippen LogP contribution in [-0.2, 0) is 0 Å². The number of rotatable bonds is 3. The zero-order valence-corrected chi connectivity index (χ0v) is 17.0. The van der Waals surface area contributed by atoms with Crippen LogP contribution in [0.15, 0.2) is 84.9 Å². The smallest absolute Gasteiger partial charge is 0.254 e. The van der Waals surface area contributed by atoms with Crippen molar-refractivity contribution in [2.75, 3.05) is 31.1 Å². The van der Waals surface area contributed by atoms with Crippen LogP contribution in [0.2, 0.25) is 0 Å². The molecule has 1 aromatic heterocycles. The highest BCUT2D eigenvalue weighted by molar-refractivity contribution is 6.07. The highest BCUT2D eigenvalue weighted by Gasteiger charge is 2.24. The lowest BCUT2D eigenvalue weighted by Crippen LogP contribution is -2.48. The molecule has 3 aromatic carbocycles. The Balaban J connectivity index is 1.45. The number of anilines is 1. The number of para-hydroxylation sites is 2. The number of pyridine rings is 1. The second-order valence-electron chi connectivity index (χ2n) is 7.69. The summed E-state index contributed by atoms with van der Waals surface area (Å²) in [6, 6.07) is 26.0. The zero-order valence-electron chi connectivity index (χ0n) is 17.0. The molecule has 0 spiro atoms. The summed E-state index contributed by atoms with van der Waals surface area (Å²) in [6.07, 6.45) is 0. The number of fused-ring (bicyclic) bond motifs is 1. The number of nitrogens with zero attached hydrogens (tertiary/aromatic N) is 3. The van der Waals surface area contributed by atoms with E-state index in [1.165, 1.54) is 17.8 Å². The summed E-state index contributed by atoms with van der Waals surface area (Å²) in [5.74, 6) is -0.285. The molecule has 1 saturated heterocycles. The standard InChI is InChI=1S/C26H22FN3O/c27-20-12-10-19(11-13-20)25-18-23(22-8-4-5-9-24(22)28-25)26(31)30-16-14-29(15-17-30)21-6-2-1-3-7-21/h1-13,18H,14-17H2. The fourth-order valence-corrected chi connectivity index (χ4v) is 4.10. The fourth-order valence-electron chi connectivity index (χ4n) is 4.10. The van der Waals surface area contributed by atoms with Crippen LogP contribution in [0.25, 0.3) is 22.2 Å². The summed E-state index contributed by atoms with van der Waals surface area (Å²) in [4.78, 5) is 22.4. The molecule has 5 rings (SSSR count). The molecule has 0 aliphatic carbocycles. The van der Waals surface area contributed by atoms with Gasteiger partial charge in [-0.3, -0.25) is 4.79 Å². The summed E-state index contributed by atoms with van der Waals surface area (Å²) < 4.78 is 13.4. The number of aromatic nitrogens is 1. The van der Waals surface area contributed by atoms with E-state index in [9.17, 15) is 9.18 Å². The van der Waals surface area contributed by atoms with Crippen LogP contribution in [0, 0.1) is 5.82 Å². The van der Waals surface area contributed by atoms with Gasteiger partial charge >= 0.3 is 0 Å². The molecule has 0 atom stereocenters. The second-order valence-corrected chi connectivity index (χ2v) is 7.69. The van der Waals surface area contributed by atoms with Gasteiger partial charge in [-0.25, -0.2) is 9.37 Å². The van der Waals surface area contributed by atoms with E-state index in [1.807, 2.05) is 53.4 Å². The largest absolute Gasteiger partial charge is 0.368 e. The molecule has 4 aromatic rings. The zero-order chi connectivity index (χ0) is 21.2. The molecule has 0 bridgehead atoms. The maximum atomic E-state index is 13.5. The first-order valence-corrected chi connectivity index (χ1v) is 10.4. The predicted octanol–water partition coefficient (Wildman–Crippen LogP) is 5.00. The monoisotopic (exact) mass is 411 g/mol. The number of carbonyl (C=O) groups is 1. The molecule has 31 heavy (non-hydrogen) atoms. The van der Waals surface area contributed by atoms with Gasteiger partial charge in [-0.05, 0) is 48.5 Å². The molecule has 0 N–H and O–H groups in total. The van der Waals surface area contributed by atoms with E-state index in [0.29, 0.717) is 24.3 Å². The van der Waals surface area contributed by atoms with Crippen molar-refractivity contribution in [3.8, 4) is 11.3 Å². The van der Waals surface area contributed by atoms with Crippen LogP contribution >= 0.6 is 0 Å². The molecule has 2 heterocycles. The molecular formula is C26H22FN3O. The van der Waals surface area contributed by atoms with Gasteiger partial charge in [0.25, 0.3) is 5.91 Å². The average molecular weight is 411 g/mol. The van der Waals surface area contributed by atoms with Gasteiger partial charge in [-0.2, -0.15) is 0 Å². The van der Waals surface area contributed by atoms with Gasteiger partial charge in [0.05, 0.1) is 16.8 Å². The van der Waals surface area contributed by atoms with Gasteiger partial charge in [0, 0.05) is 42.8 Å². The lowest BCUT2D eigenvalue weighted by molar-refractivity contribution is 0.0748. The first-order valence-electron chi connectivity index (χ1n) is 10.4. The Kier molecular flexibility index (Phi) is 5.08. The molecule has 0 unspecified atom stereocenters. The third-order valence-electron chi connectivity index (χ3n) is 5.77. The van der Waals surface area contributed by atoms with E-state index in [1.54, 1.807) is 12.1 Å². The quantitative estimate of drug-likeness (QED) is 0.476. The molecule has 1 amide bonds. The number of hydrogen-bond acceptors (Lipinski definition) is 3. The Morgan fingerprint density at radius 1 is 0.806 bits per heavy atom. The van der Waals surface area contributed by atoms with Crippen molar-refractivity contribution in [3.05, 3.63) is 96.3 Å². The van der Waals surface area contributed by atoms with Gasteiger partial charge < -0.3 is 9.80 Å². The molecule has 1 aliphatic heterocycles. The van der Waals surface area contributed by atoms with Gasteiger partial charge in [0.2, 0.25) is 0 Å². The highest BCUT2D eigenvalue weighted by Crippen LogP contribution is 2.27. The minimum Gasteiger partial charge on any atom is -0.368 e. The summed E-state index contributed by atoms with van der Waals surface area (Å²) in [5.41, 5.74) is 4.04. The Morgan fingerprint density at radius 3 is 2.23 bits per heavy atom. The molecule has 1 fully saturated rings. The topological polar surface area (TPSA) is 36.4 Å². The summed E-state index contributed by atoms with van der Waals surface area (Å²) in [5, 5.41) is 0.837. The number of benzene rings is 3. The SMILES string of the molecule is O=C(c1cc(-c2ccc(F)cc2)nc2ccccc12)N1CCN(c2ccccc2)CC1. The van der Waals surface area contributed by atoms with E-state index >= 15 is 0 Å². The van der Waals surface area contributed by atoms with Crippen molar-refractivity contribution in [1.82, 2.24) is 9.88 Å². The predicted molar refractivity (Wildman–Crippen MR) is 122 cm³/mol. The van der Waals surface area contributed by atoms with E-state index in [-0.39, 0.29) is 11.7 Å². The minimum absolute atomic E-state index is 0.00896. The van der Waals surface area contributed by atoms with Gasteiger partial charge in [-0.1, -0.05) is 36.4 Å². The Bertz CT molecular complexity index is 1220. The van der Waals surface area contributed by atoms with E-state index < -0.39 is 0 Å². The normalized spacial score (nSPS) is 14.1. The van der Waals surface area contributed by atoms with Crippen LogP contribution in [0.3, 0.4) is 0 Å². The average Bonchev–Trinajstić information content (AvgIpc) is 2.84. The molecule has 4 nitrogen and oxygen atoms in total. The van der Waals surface area contributed by atoms with Gasteiger partial charge in [0.1, 0.15) is 5.82 Å². The molecule has 0 saturated carbocycles. The highest BCUT2D eigenvalue weighted by atomic mass is 19.1. The number of amides is 1. The van der Waals surface area contributed by atoms with Crippen molar-refractivity contribution in [2.24, 2.45) is 0 Å². The number of hydrogen-bond donors (Lipinski definition) is 0. The summed E-state index contributed by atoms with van der Waals surface area (Å²) >= 11 is 0. The molecule has 1 aliphatic rings. The molecule has 5 heteroatoms. The van der Waals surface area contributed by atoms with Crippen LogP contribution < -0.4 is 4.90 Å². The maximum absolute atomic E-state index is 13.5. The van der Waals surface area contributed by atoms with E-state index in [2.05, 4.69) is 17.0 Å². The third kappa shape index (κ3) is 3.87. The number of piperazine rings is 1. The summed E-state index contributed by atoms with van der Waals surface area (Å²) in [6.45, 7) is 2.92. The first-order chi connectivity index (χ1) is 15.2. The van der Waals surface area contributed by atoms with Crippen LogP contribution in [0.1, 0.15) is 10.4 Å². The van der Waals surface area contributed by atoms with Crippen LogP contribution in [-0.4, -0.2) is 42.0 Å². The lowest BCUT2D eigenvalue weighted by atomic mass is 10.0. The van der Waals surface area contributed by atoms with Crippen molar-refractivity contribution < 1.29 is 9.18 Å². The van der Waals surface area contributed by atoms with Gasteiger partial charge in [-0.15, -0.1) is 0 Å². The molecule has 0 radical (unpaired) electrons. The van der Waals surface area contributed by atoms with Crippen molar-refractivity contribution in [3.63, 3.8) is 0 Å². The van der Waals surface area contributed by atoms with Crippen LogP contribution in [0.4, 0.5) is 10.1 Å². The van der Waals surface area contributed by atoms with Crippen molar-refractivity contribution in [1.29, 1.82) is 0 Å². The minimum atomic E-state index is -0.294. The van der Waals surface area contributed by atoms with Crippen molar-refractivity contribution >= 4 is 22.5 Å². The first kappa shape index (κ1) is 19.2. The van der Waals surface area contributed by atoms with E-state index in [0.717, 1.165) is 29.6 Å². The molecule has 154 valence electrons. The summed E-state index contributed by atoms with van der Waals surface area (Å²) in [7, 11) is 0. The Morgan fingerprint density at radius 2 is 1.48 bits per heavy atom. The van der Waals surface area contributed by atoms with E-state index in [4.69, 9.17) is 4.98 Å².